The van der Waals surface area contributed by atoms with Crippen molar-refractivity contribution in [1.29, 1.82) is 0 Å². The number of primary amides is 1. The number of ether oxygens (including phenoxy) is 1. The van der Waals surface area contributed by atoms with Crippen LogP contribution in [0.3, 0.4) is 0 Å². The summed E-state index contributed by atoms with van der Waals surface area (Å²) in [6.07, 6.45) is 1.70. The molecule has 0 unspecified atom stereocenters. The molecule has 0 spiro atoms. The van der Waals surface area contributed by atoms with Gasteiger partial charge in [0.25, 0.3) is 0 Å². The number of hydrogen-bond donors (Lipinski definition) is 2. The molecule has 4 aromatic rings. The van der Waals surface area contributed by atoms with Gasteiger partial charge in [0.15, 0.2) is 11.6 Å². The molecule has 4 rings (SSSR count). The highest BCUT2D eigenvalue weighted by Crippen LogP contribution is 2.32. The van der Waals surface area contributed by atoms with Gasteiger partial charge < -0.3 is 15.5 Å². The Hall–Kier alpha value is -3.49. The van der Waals surface area contributed by atoms with Crippen LogP contribution in [-0.4, -0.2) is 42.7 Å². The number of aromatic amines is 1. The first-order chi connectivity index (χ1) is 12.5. The van der Waals surface area contributed by atoms with E-state index in [9.17, 15) is 4.79 Å². The summed E-state index contributed by atoms with van der Waals surface area (Å²) in [4.78, 5) is 28.3. The van der Waals surface area contributed by atoms with Gasteiger partial charge in [0.1, 0.15) is 17.2 Å². The second-order valence-corrected chi connectivity index (χ2v) is 5.84. The summed E-state index contributed by atoms with van der Waals surface area (Å²) < 4.78 is 7.14. The highest BCUT2D eigenvalue weighted by atomic mass is 16.5. The smallest absolute Gasteiger partial charge is 0.248 e. The van der Waals surface area contributed by atoms with Crippen molar-refractivity contribution in [3.63, 3.8) is 0 Å². The molecule has 0 aliphatic rings. The van der Waals surface area contributed by atoms with Gasteiger partial charge in [0, 0.05) is 29.1 Å². The zero-order valence-electron chi connectivity index (χ0n) is 14.6. The number of nitrogens with two attached hydrogens (primary N) is 1. The lowest BCUT2D eigenvalue weighted by molar-refractivity contribution is 0.1000. The molecular weight excluding hydrogens is 334 g/mol. The topological polar surface area (TPSA) is 125 Å². The Kier molecular flexibility index (Phi) is 3.57. The number of amides is 1. The summed E-state index contributed by atoms with van der Waals surface area (Å²) in [6, 6.07) is 3.31. The number of methoxy groups -OCH3 is 1. The monoisotopic (exact) mass is 351 g/mol. The molecule has 1 aromatic carbocycles. The van der Waals surface area contributed by atoms with Gasteiger partial charge in [-0.05, 0) is 26.0 Å². The van der Waals surface area contributed by atoms with E-state index in [1.54, 1.807) is 23.0 Å². The number of nitrogens with zero attached hydrogens (tertiary/aromatic N) is 5. The SMILES string of the molecule is CCn1nc(C)nc1-c1ncc2c(n1)[nH]c1c(OC)cc(C(N)=O)cc12. The van der Waals surface area contributed by atoms with E-state index >= 15 is 0 Å². The van der Waals surface area contributed by atoms with E-state index in [1.165, 1.54) is 7.11 Å². The van der Waals surface area contributed by atoms with E-state index in [4.69, 9.17) is 10.5 Å². The Balaban J connectivity index is 1.97. The molecule has 9 nitrogen and oxygen atoms in total. The number of H-pyrrole nitrogens is 1. The number of hydrogen-bond acceptors (Lipinski definition) is 6. The van der Waals surface area contributed by atoms with Crippen molar-refractivity contribution in [3.05, 3.63) is 29.7 Å². The van der Waals surface area contributed by atoms with E-state index in [-0.39, 0.29) is 0 Å². The van der Waals surface area contributed by atoms with Crippen LogP contribution in [0.1, 0.15) is 23.1 Å². The molecule has 0 aliphatic carbocycles. The van der Waals surface area contributed by atoms with Crippen LogP contribution in [0.2, 0.25) is 0 Å². The Morgan fingerprint density at radius 3 is 2.81 bits per heavy atom. The molecule has 26 heavy (non-hydrogen) atoms. The minimum Gasteiger partial charge on any atom is -0.495 e. The Bertz CT molecular complexity index is 1160. The zero-order chi connectivity index (χ0) is 18.4. The number of nitrogens with one attached hydrogen (secondary N) is 1. The van der Waals surface area contributed by atoms with Gasteiger partial charge in [-0.1, -0.05) is 0 Å². The second-order valence-electron chi connectivity index (χ2n) is 5.84. The number of benzene rings is 1. The molecule has 1 amide bonds. The molecule has 0 bridgehead atoms. The van der Waals surface area contributed by atoms with Gasteiger partial charge in [-0.15, -0.1) is 0 Å². The third kappa shape index (κ3) is 2.36. The third-order valence-corrected chi connectivity index (χ3v) is 4.21. The zero-order valence-corrected chi connectivity index (χ0v) is 14.6. The molecule has 0 aliphatic heterocycles. The fraction of sp³-hybridized carbons (Fsp3) is 0.235. The highest BCUT2D eigenvalue weighted by molar-refractivity contribution is 6.10. The summed E-state index contributed by atoms with van der Waals surface area (Å²) in [6.45, 7) is 4.47. The Morgan fingerprint density at radius 1 is 1.31 bits per heavy atom. The fourth-order valence-electron chi connectivity index (χ4n) is 3.00. The molecule has 3 aromatic heterocycles. The van der Waals surface area contributed by atoms with E-state index < -0.39 is 5.91 Å². The van der Waals surface area contributed by atoms with Gasteiger partial charge >= 0.3 is 0 Å². The Labute approximate surface area is 148 Å². The second kappa shape index (κ2) is 5.80. The lowest BCUT2D eigenvalue weighted by Gasteiger charge is -2.04. The van der Waals surface area contributed by atoms with Crippen LogP contribution in [0.25, 0.3) is 33.6 Å². The maximum absolute atomic E-state index is 11.6. The molecule has 0 radical (unpaired) electrons. The van der Waals surface area contributed by atoms with Crippen LogP contribution in [0, 0.1) is 6.92 Å². The van der Waals surface area contributed by atoms with E-state index in [0.29, 0.717) is 41.0 Å². The summed E-state index contributed by atoms with van der Waals surface area (Å²) >= 11 is 0. The number of carbonyl (C=O) groups is 1. The van der Waals surface area contributed by atoms with Crippen LogP contribution in [0.15, 0.2) is 18.3 Å². The van der Waals surface area contributed by atoms with E-state index in [2.05, 4.69) is 25.0 Å². The summed E-state index contributed by atoms with van der Waals surface area (Å²) in [5.41, 5.74) is 7.13. The number of aryl methyl sites for hydroxylation is 2. The average Bonchev–Trinajstić information content (AvgIpc) is 3.20. The van der Waals surface area contributed by atoms with Crippen molar-refractivity contribution in [2.24, 2.45) is 5.73 Å². The first-order valence-corrected chi connectivity index (χ1v) is 8.10. The van der Waals surface area contributed by atoms with Crippen molar-refractivity contribution in [2.45, 2.75) is 20.4 Å². The predicted octanol–water partition coefficient (Wildman–Crippen LogP) is 1.81. The third-order valence-electron chi connectivity index (χ3n) is 4.21. The molecule has 0 atom stereocenters. The van der Waals surface area contributed by atoms with Crippen molar-refractivity contribution in [3.8, 4) is 17.4 Å². The van der Waals surface area contributed by atoms with Gasteiger partial charge in [-0.3, -0.25) is 4.79 Å². The number of aromatic nitrogens is 6. The maximum atomic E-state index is 11.6. The maximum Gasteiger partial charge on any atom is 0.248 e. The first-order valence-electron chi connectivity index (χ1n) is 8.10. The van der Waals surface area contributed by atoms with Crippen molar-refractivity contribution in [2.75, 3.05) is 7.11 Å². The normalized spacial score (nSPS) is 11.3. The fourth-order valence-corrected chi connectivity index (χ4v) is 3.00. The molecular formula is C17H17N7O2. The lowest BCUT2D eigenvalue weighted by atomic mass is 10.1. The quantitative estimate of drug-likeness (QED) is 0.578. The molecule has 0 saturated heterocycles. The van der Waals surface area contributed by atoms with Crippen molar-refractivity contribution >= 4 is 27.8 Å². The minimum atomic E-state index is -0.524. The summed E-state index contributed by atoms with van der Waals surface area (Å²) in [5, 5.41) is 5.87. The van der Waals surface area contributed by atoms with Gasteiger partial charge in [0.05, 0.1) is 12.6 Å². The molecule has 9 heteroatoms. The molecule has 3 N–H and O–H groups in total. The molecule has 3 heterocycles. The minimum absolute atomic E-state index is 0.362. The van der Waals surface area contributed by atoms with Crippen LogP contribution < -0.4 is 10.5 Å². The van der Waals surface area contributed by atoms with Crippen LogP contribution in [-0.2, 0) is 6.54 Å². The van der Waals surface area contributed by atoms with Crippen molar-refractivity contribution in [1.82, 2.24) is 29.7 Å². The van der Waals surface area contributed by atoms with Gasteiger partial charge in [-0.2, -0.15) is 5.10 Å². The molecule has 0 fully saturated rings. The first kappa shape index (κ1) is 16.0. The van der Waals surface area contributed by atoms with E-state index in [0.717, 1.165) is 16.3 Å². The van der Waals surface area contributed by atoms with Crippen LogP contribution in [0.4, 0.5) is 0 Å². The lowest BCUT2D eigenvalue weighted by Crippen LogP contribution is -2.10. The van der Waals surface area contributed by atoms with Gasteiger partial charge in [-0.25, -0.2) is 19.6 Å². The Morgan fingerprint density at radius 2 is 2.12 bits per heavy atom. The van der Waals surface area contributed by atoms with Crippen LogP contribution in [0.5, 0.6) is 5.75 Å². The van der Waals surface area contributed by atoms with Gasteiger partial charge in [0.2, 0.25) is 5.91 Å². The average molecular weight is 351 g/mol. The molecule has 0 saturated carbocycles. The number of rotatable bonds is 4. The number of fused-ring (bicyclic) bond motifs is 3. The number of carbonyl (C=O) groups excluding carboxylic acids is 1. The standard InChI is InChI=1S/C17H17N7O2/c1-4-24-17(20-8(2)23-24)16-19-7-11-10-5-9(14(18)25)6-12(26-3)13(10)21-15(11)22-16/h5-7H,4H2,1-3H3,(H2,18,25)(H,19,21,22). The summed E-state index contributed by atoms with van der Waals surface area (Å²) in [5.74, 6) is 1.73. The largest absolute Gasteiger partial charge is 0.495 e. The van der Waals surface area contributed by atoms with Crippen LogP contribution >= 0.6 is 0 Å². The van der Waals surface area contributed by atoms with Crippen molar-refractivity contribution < 1.29 is 9.53 Å². The molecule has 132 valence electrons. The highest BCUT2D eigenvalue weighted by Gasteiger charge is 2.17. The van der Waals surface area contributed by atoms with E-state index in [1.807, 2.05) is 13.8 Å². The summed E-state index contributed by atoms with van der Waals surface area (Å²) in [7, 11) is 1.54. The predicted molar refractivity (Wildman–Crippen MR) is 95.9 cm³/mol.